The first-order chi connectivity index (χ1) is 19.1. The molecule has 0 aliphatic carbocycles. The Kier molecular flexibility index (Phi) is 11.7. The van der Waals surface area contributed by atoms with Gasteiger partial charge < -0.3 is 45.2 Å². The van der Waals surface area contributed by atoms with E-state index in [4.69, 9.17) is 14.4 Å². The third-order valence-corrected chi connectivity index (χ3v) is 6.45. The van der Waals surface area contributed by atoms with Crippen LogP contribution in [0.1, 0.15) is 36.2 Å². The van der Waals surface area contributed by atoms with Crippen molar-refractivity contribution < 1.29 is 44.1 Å². The lowest BCUT2D eigenvalue weighted by Crippen LogP contribution is -2.55. The third kappa shape index (κ3) is 8.65. The molecule has 0 radical (unpaired) electrons. The molecule has 3 rings (SSSR count). The van der Waals surface area contributed by atoms with Crippen molar-refractivity contribution in [1.82, 2.24) is 15.6 Å². The summed E-state index contributed by atoms with van der Waals surface area (Å²) in [6.45, 7) is 2.70. The van der Waals surface area contributed by atoms with E-state index in [0.29, 0.717) is 0 Å². The predicted molar refractivity (Wildman–Crippen MR) is 144 cm³/mol. The van der Waals surface area contributed by atoms with Crippen LogP contribution in [0.4, 0.5) is 0 Å². The highest BCUT2D eigenvalue weighted by atomic mass is 16.7. The van der Waals surface area contributed by atoms with Crippen LogP contribution in [0.3, 0.4) is 0 Å². The topological polar surface area (TPSA) is 188 Å². The average molecular weight is 557 g/mol. The summed E-state index contributed by atoms with van der Waals surface area (Å²) in [5, 5.41) is 44.4. The number of aliphatic hydroxyl groups excluding tert-OH is 4. The minimum Gasteiger partial charge on any atom is -0.403 e. The molecule has 12 nitrogen and oxygen atoms in total. The van der Waals surface area contributed by atoms with Gasteiger partial charge in [-0.25, -0.2) is 0 Å². The number of nitrogens with zero attached hydrogens (tertiary/aromatic N) is 1. The van der Waals surface area contributed by atoms with Crippen molar-refractivity contribution in [2.75, 3.05) is 13.2 Å². The van der Waals surface area contributed by atoms with Crippen LogP contribution >= 0.6 is 0 Å². The lowest BCUT2D eigenvalue weighted by Gasteiger charge is -2.26. The van der Waals surface area contributed by atoms with E-state index in [0.717, 1.165) is 5.56 Å². The van der Waals surface area contributed by atoms with Crippen molar-refractivity contribution in [2.45, 2.75) is 63.2 Å². The fourth-order valence-electron chi connectivity index (χ4n) is 4.26. The number of rotatable bonds is 14. The zero-order valence-corrected chi connectivity index (χ0v) is 22.4. The number of aromatic nitrogens is 1. The van der Waals surface area contributed by atoms with Gasteiger partial charge in [0.2, 0.25) is 5.91 Å². The predicted octanol–water partition coefficient (Wildman–Crippen LogP) is -0.959. The largest absolute Gasteiger partial charge is 0.534 e. The van der Waals surface area contributed by atoms with Crippen LogP contribution < -0.4 is 10.6 Å². The van der Waals surface area contributed by atoms with E-state index in [1.807, 2.05) is 44.2 Å². The summed E-state index contributed by atoms with van der Waals surface area (Å²) in [5.74, 6) is -1.11. The van der Waals surface area contributed by atoms with Gasteiger partial charge in [-0.1, -0.05) is 44.2 Å². The fraction of sp³-hybridized carbons (Fsp3) is 0.481. The molecule has 6 unspecified atom stereocenters. The van der Waals surface area contributed by atoms with E-state index >= 15 is 0 Å². The Hall–Kier alpha value is -3.20. The Morgan fingerprint density at radius 1 is 1.05 bits per heavy atom. The molecule has 2 amide bonds. The van der Waals surface area contributed by atoms with Crippen LogP contribution in [0.25, 0.3) is 0 Å². The summed E-state index contributed by atoms with van der Waals surface area (Å²) < 4.78 is 10.9. The SMILES string of the molecule is CC(C)CC(NC(=O)C(Cc1ccccc1)NC(=O)c1cccnc1)C(=O)B1OCC(C(O)C(O)C(O)CO)O1. The first-order valence-electron chi connectivity index (χ1n) is 13.1. The van der Waals surface area contributed by atoms with Gasteiger partial charge in [-0.2, -0.15) is 0 Å². The Balaban J connectivity index is 1.74. The number of hydrogen-bond acceptors (Lipinski definition) is 10. The normalized spacial score (nSPS) is 19.0. The van der Waals surface area contributed by atoms with Crippen LogP contribution in [-0.4, -0.2) is 99.7 Å². The molecule has 2 heterocycles. The third-order valence-electron chi connectivity index (χ3n) is 6.45. The molecule has 13 heteroatoms. The molecule has 0 bridgehead atoms. The van der Waals surface area contributed by atoms with E-state index < -0.39 is 67.7 Å². The molecule has 2 aromatic rings. The van der Waals surface area contributed by atoms with Crippen LogP contribution in [0.5, 0.6) is 0 Å². The molecular weight excluding hydrogens is 521 g/mol. The Morgan fingerprint density at radius 3 is 2.40 bits per heavy atom. The molecular formula is C27H36BN3O9. The quantitative estimate of drug-likeness (QED) is 0.158. The van der Waals surface area contributed by atoms with Gasteiger partial charge in [-0.15, -0.1) is 0 Å². The monoisotopic (exact) mass is 557 g/mol. The van der Waals surface area contributed by atoms with Crippen molar-refractivity contribution in [2.24, 2.45) is 5.92 Å². The second-order valence-electron chi connectivity index (χ2n) is 10.1. The second kappa shape index (κ2) is 15.0. The Morgan fingerprint density at radius 2 is 1.77 bits per heavy atom. The molecule has 1 aromatic carbocycles. The van der Waals surface area contributed by atoms with Gasteiger partial charge in [-0.05, 0) is 30.0 Å². The van der Waals surface area contributed by atoms with Gasteiger partial charge in [0.05, 0.1) is 30.9 Å². The summed E-state index contributed by atoms with van der Waals surface area (Å²) in [5.41, 5.74) is 0.462. The fourth-order valence-corrected chi connectivity index (χ4v) is 4.26. The van der Waals surface area contributed by atoms with Gasteiger partial charge in [0.1, 0.15) is 24.4 Å². The minimum atomic E-state index is -1.72. The summed E-state index contributed by atoms with van der Waals surface area (Å²) in [4.78, 5) is 43.7. The molecule has 1 aromatic heterocycles. The van der Waals surface area contributed by atoms with Gasteiger partial charge in [-0.3, -0.25) is 14.6 Å². The summed E-state index contributed by atoms with van der Waals surface area (Å²) in [6, 6.07) is 10.2. The van der Waals surface area contributed by atoms with Crippen molar-refractivity contribution in [3.63, 3.8) is 0 Å². The first-order valence-corrected chi connectivity index (χ1v) is 13.1. The van der Waals surface area contributed by atoms with Gasteiger partial charge in [0.25, 0.3) is 5.91 Å². The zero-order valence-electron chi connectivity index (χ0n) is 22.4. The van der Waals surface area contributed by atoms with E-state index in [1.54, 1.807) is 12.1 Å². The Labute approximate surface area is 232 Å². The lowest BCUT2D eigenvalue weighted by molar-refractivity contribution is -0.127. The molecule has 1 aliphatic rings. The summed E-state index contributed by atoms with van der Waals surface area (Å²) in [6.07, 6.45) is -2.79. The first kappa shape index (κ1) is 31.3. The number of carbonyl (C=O) groups is 3. The van der Waals surface area contributed by atoms with Crippen LogP contribution in [0, 0.1) is 5.92 Å². The summed E-state index contributed by atoms with van der Waals surface area (Å²) in [7, 11) is -1.44. The van der Waals surface area contributed by atoms with Gasteiger partial charge in [0.15, 0.2) is 5.68 Å². The molecule has 40 heavy (non-hydrogen) atoms. The maximum atomic E-state index is 13.5. The second-order valence-corrected chi connectivity index (χ2v) is 10.1. The lowest BCUT2D eigenvalue weighted by atomic mass is 9.76. The highest BCUT2D eigenvalue weighted by Crippen LogP contribution is 2.19. The number of hydrogen-bond donors (Lipinski definition) is 6. The molecule has 6 atom stereocenters. The van der Waals surface area contributed by atoms with E-state index in [1.165, 1.54) is 12.4 Å². The number of aliphatic hydroxyl groups is 4. The van der Waals surface area contributed by atoms with Crippen LogP contribution in [0.2, 0.25) is 0 Å². The highest BCUT2D eigenvalue weighted by Gasteiger charge is 2.46. The van der Waals surface area contributed by atoms with Crippen molar-refractivity contribution >= 4 is 24.6 Å². The maximum absolute atomic E-state index is 13.5. The van der Waals surface area contributed by atoms with E-state index in [2.05, 4.69) is 15.6 Å². The number of benzene rings is 1. The smallest absolute Gasteiger partial charge is 0.403 e. The molecule has 0 spiro atoms. The highest BCUT2D eigenvalue weighted by molar-refractivity contribution is 6.82. The van der Waals surface area contributed by atoms with Crippen molar-refractivity contribution in [3.05, 3.63) is 66.0 Å². The number of nitrogens with one attached hydrogen (secondary N) is 2. The Bertz CT molecular complexity index is 1110. The summed E-state index contributed by atoms with van der Waals surface area (Å²) >= 11 is 0. The van der Waals surface area contributed by atoms with E-state index in [9.17, 15) is 29.7 Å². The molecule has 6 N–H and O–H groups in total. The van der Waals surface area contributed by atoms with Crippen molar-refractivity contribution in [1.29, 1.82) is 0 Å². The standard InChI is InChI=1S/C27H36BN3O9/c1-16(2)11-19(25(36)28-39-15-22(40-28)24(35)23(34)21(33)14-32)30-27(38)20(12-17-7-4-3-5-8-17)31-26(37)18-9-6-10-29-13-18/h3-10,13,16,19-24,32-35H,11-12,14-15H2,1-2H3,(H,30,38)(H,31,37). The zero-order chi connectivity index (χ0) is 29.2. The number of amides is 2. The van der Waals surface area contributed by atoms with Gasteiger partial charge >= 0.3 is 7.12 Å². The van der Waals surface area contributed by atoms with E-state index in [-0.39, 0.29) is 30.9 Å². The van der Waals surface area contributed by atoms with Crippen molar-refractivity contribution in [3.8, 4) is 0 Å². The van der Waals surface area contributed by atoms with Gasteiger partial charge in [0, 0.05) is 18.8 Å². The maximum Gasteiger partial charge on any atom is 0.534 e. The molecule has 0 saturated carbocycles. The van der Waals surface area contributed by atoms with Crippen LogP contribution in [-0.2, 0) is 25.3 Å². The molecule has 1 fully saturated rings. The average Bonchev–Trinajstić information content (AvgIpc) is 3.46. The molecule has 1 aliphatic heterocycles. The van der Waals surface area contributed by atoms with Crippen LogP contribution in [0.15, 0.2) is 54.9 Å². The molecule has 216 valence electrons. The number of pyridine rings is 1. The minimum absolute atomic E-state index is 0.0175. The molecule has 1 saturated heterocycles. The number of carbonyl (C=O) groups excluding carboxylic acids is 3.